The maximum absolute atomic E-state index is 11.2. The first kappa shape index (κ1) is 13.5. The van der Waals surface area contributed by atoms with Crippen molar-refractivity contribution in [1.29, 1.82) is 0 Å². The van der Waals surface area contributed by atoms with Crippen LogP contribution in [0.1, 0.15) is 5.69 Å². The highest BCUT2D eigenvalue weighted by Gasteiger charge is 2.30. The molecule has 0 amide bonds. The number of hydrogen-bond acceptors (Lipinski definition) is 6. The van der Waals surface area contributed by atoms with Crippen molar-refractivity contribution >= 4 is 25.6 Å². The van der Waals surface area contributed by atoms with Crippen molar-refractivity contribution in [2.45, 2.75) is 11.4 Å². The van der Waals surface area contributed by atoms with Crippen molar-refractivity contribution in [2.75, 3.05) is 0 Å². The van der Waals surface area contributed by atoms with Crippen LogP contribution in [0.2, 0.25) is 0 Å². The van der Waals surface area contributed by atoms with Crippen LogP contribution in [0.5, 0.6) is 0 Å². The van der Waals surface area contributed by atoms with Crippen LogP contribution in [-0.4, -0.2) is 32.9 Å². The molecule has 2 heterocycles. The topological polar surface area (TPSA) is 113 Å². The summed E-state index contributed by atoms with van der Waals surface area (Å²) in [7, 11) is 2.61. The molecule has 0 unspecified atom stereocenters. The van der Waals surface area contributed by atoms with Crippen molar-refractivity contribution in [3.63, 3.8) is 0 Å². The molecule has 9 nitrogen and oxygen atoms in total. The van der Waals surface area contributed by atoms with Gasteiger partial charge in [0.15, 0.2) is 0 Å². The number of halogens is 1. The molecule has 0 saturated heterocycles. The minimum Gasteiger partial charge on any atom is -0.358 e. The van der Waals surface area contributed by atoms with Crippen LogP contribution < -0.4 is 0 Å². The van der Waals surface area contributed by atoms with Gasteiger partial charge in [0.05, 0.1) is 17.0 Å². The fourth-order valence-corrected chi connectivity index (χ4v) is 2.39. The number of rotatable bonds is 4. The average molecular weight is 306 g/mol. The van der Waals surface area contributed by atoms with Crippen LogP contribution in [0, 0.1) is 10.1 Å². The quantitative estimate of drug-likeness (QED) is 0.462. The summed E-state index contributed by atoms with van der Waals surface area (Å²) in [6, 6.07) is 1.68. The number of aryl methyl sites for hydroxylation is 1. The standard InChI is InChI=1S/C8H8ClN5O4S/c1-12-3-2-6(10-12)4-13-5-7(19(9,17)18)8(11-13)14(15)16/h2-3,5H,4H2,1H3. The molecule has 0 aliphatic carbocycles. The molecule has 2 rings (SSSR count). The van der Waals surface area contributed by atoms with Gasteiger partial charge >= 0.3 is 5.82 Å². The molecule has 2 aromatic rings. The summed E-state index contributed by atoms with van der Waals surface area (Å²) >= 11 is 0. The van der Waals surface area contributed by atoms with Crippen molar-refractivity contribution in [1.82, 2.24) is 19.6 Å². The minimum atomic E-state index is -4.22. The lowest BCUT2D eigenvalue weighted by atomic mass is 10.4. The predicted octanol–water partition coefficient (Wildman–Crippen LogP) is 0.501. The van der Waals surface area contributed by atoms with Gasteiger partial charge < -0.3 is 10.1 Å². The second kappa shape index (κ2) is 4.63. The molecule has 2 aromatic heterocycles. The summed E-state index contributed by atoms with van der Waals surface area (Å²) in [5, 5.41) is 18.4. The van der Waals surface area contributed by atoms with E-state index in [4.69, 9.17) is 10.7 Å². The minimum absolute atomic E-state index is 0.105. The molecule has 0 saturated carbocycles. The van der Waals surface area contributed by atoms with E-state index in [9.17, 15) is 18.5 Å². The van der Waals surface area contributed by atoms with Gasteiger partial charge in [-0.15, -0.1) is 0 Å². The molecule has 11 heteroatoms. The van der Waals surface area contributed by atoms with E-state index in [1.807, 2.05) is 0 Å². The summed E-state index contributed by atoms with van der Waals surface area (Å²) in [4.78, 5) is 9.20. The molecule has 0 aliphatic heterocycles. The van der Waals surface area contributed by atoms with Crippen LogP contribution in [0.4, 0.5) is 5.82 Å². The molecule has 0 spiro atoms. The number of nitro groups is 1. The lowest BCUT2D eigenvalue weighted by Crippen LogP contribution is -2.02. The maximum Gasteiger partial charge on any atom is 0.410 e. The SMILES string of the molecule is Cn1ccc(Cn2cc(S(=O)(=O)Cl)c([N+](=O)[O-])n2)n1. The lowest BCUT2D eigenvalue weighted by molar-refractivity contribution is -0.392. The maximum atomic E-state index is 11.2. The van der Waals surface area contributed by atoms with Crippen LogP contribution in [-0.2, 0) is 22.6 Å². The van der Waals surface area contributed by atoms with Gasteiger partial charge in [-0.2, -0.15) is 9.78 Å². The summed E-state index contributed by atoms with van der Waals surface area (Å²) in [6.07, 6.45) is 2.70. The zero-order valence-corrected chi connectivity index (χ0v) is 11.2. The third-order valence-electron chi connectivity index (χ3n) is 2.24. The Morgan fingerprint density at radius 2 is 2.16 bits per heavy atom. The van der Waals surface area contributed by atoms with Crippen LogP contribution in [0.3, 0.4) is 0 Å². The van der Waals surface area contributed by atoms with E-state index >= 15 is 0 Å². The molecule has 0 bridgehead atoms. The van der Waals surface area contributed by atoms with Gasteiger partial charge in [-0.05, 0) is 11.0 Å². The van der Waals surface area contributed by atoms with Gasteiger partial charge in [-0.25, -0.2) is 8.42 Å². The first-order valence-corrected chi connectivity index (χ1v) is 7.23. The summed E-state index contributed by atoms with van der Waals surface area (Å²) in [5.74, 6) is -0.800. The Labute approximate surface area is 112 Å². The third kappa shape index (κ3) is 2.90. The van der Waals surface area contributed by atoms with E-state index in [1.54, 1.807) is 24.0 Å². The summed E-state index contributed by atoms with van der Waals surface area (Å²) in [6.45, 7) is 0.105. The second-order valence-corrected chi connectivity index (χ2v) is 6.22. The molecule has 0 N–H and O–H groups in total. The monoisotopic (exact) mass is 305 g/mol. The number of aromatic nitrogens is 4. The lowest BCUT2D eigenvalue weighted by Gasteiger charge is -1.91. The Hall–Kier alpha value is -1.94. The molecule has 19 heavy (non-hydrogen) atoms. The molecular formula is C8H8ClN5O4S. The zero-order valence-electron chi connectivity index (χ0n) is 9.59. The van der Waals surface area contributed by atoms with Gasteiger partial charge in [-0.3, -0.25) is 4.68 Å². The predicted molar refractivity (Wildman–Crippen MR) is 64.2 cm³/mol. The Morgan fingerprint density at radius 1 is 1.47 bits per heavy atom. The van der Waals surface area contributed by atoms with Crippen molar-refractivity contribution < 1.29 is 13.3 Å². The largest absolute Gasteiger partial charge is 0.410 e. The fourth-order valence-electron chi connectivity index (χ4n) is 1.49. The van der Waals surface area contributed by atoms with Gasteiger partial charge in [0.25, 0.3) is 9.05 Å². The molecule has 0 atom stereocenters. The summed E-state index contributed by atoms with van der Waals surface area (Å²) < 4.78 is 25.1. The molecule has 0 aromatic carbocycles. The first-order chi connectivity index (χ1) is 8.77. The highest BCUT2D eigenvalue weighted by atomic mass is 35.7. The second-order valence-electron chi connectivity index (χ2n) is 3.69. The Balaban J connectivity index is 2.41. The number of nitrogens with zero attached hydrogens (tertiary/aromatic N) is 5. The summed E-state index contributed by atoms with van der Waals surface area (Å²) in [5.41, 5.74) is 0.582. The van der Waals surface area contributed by atoms with E-state index < -0.39 is 24.7 Å². The normalized spacial score (nSPS) is 11.7. The van der Waals surface area contributed by atoms with Crippen molar-refractivity contribution in [3.05, 3.63) is 34.3 Å². The van der Waals surface area contributed by atoms with Crippen molar-refractivity contribution in [2.24, 2.45) is 7.05 Å². The molecule has 0 fully saturated rings. The van der Waals surface area contributed by atoms with Gasteiger partial charge in [0.2, 0.25) is 4.90 Å². The average Bonchev–Trinajstić information content (AvgIpc) is 2.85. The van der Waals surface area contributed by atoms with Gasteiger partial charge in [0.1, 0.15) is 6.54 Å². The molecular weight excluding hydrogens is 298 g/mol. The van der Waals surface area contributed by atoms with Gasteiger partial charge in [0, 0.05) is 23.9 Å². The van der Waals surface area contributed by atoms with E-state index in [0.29, 0.717) is 5.69 Å². The Kier molecular flexibility index (Phi) is 3.28. The Morgan fingerprint density at radius 3 is 2.58 bits per heavy atom. The fraction of sp³-hybridized carbons (Fsp3) is 0.250. The van der Waals surface area contributed by atoms with E-state index in [2.05, 4.69) is 10.2 Å². The molecule has 0 aliphatic rings. The highest BCUT2D eigenvalue weighted by Crippen LogP contribution is 2.25. The van der Waals surface area contributed by atoms with Crippen LogP contribution >= 0.6 is 10.7 Å². The van der Waals surface area contributed by atoms with E-state index in [1.165, 1.54) is 0 Å². The third-order valence-corrected chi connectivity index (χ3v) is 3.55. The molecule has 102 valence electrons. The smallest absolute Gasteiger partial charge is 0.358 e. The highest BCUT2D eigenvalue weighted by molar-refractivity contribution is 8.13. The van der Waals surface area contributed by atoms with Gasteiger partial charge in [-0.1, -0.05) is 0 Å². The van der Waals surface area contributed by atoms with E-state index in [0.717, 1.165) is 10.9 Å². The van der Waals surface area contributed by atoms with Crippen molar-refractivity contribution in [3.8, 4) is 0 Å². The van der Waals surface area contributed by atoms with E-state index in [-0.39, 0.29) is 6.54 Å². The van der Waals surface area contributed by atoms with Crippen LogP contribution in [0.25, 0.3) is 0 Å². The first-order valence-electron chi connectivity index (χ1n) is 4.92. The Bertz CT molecular complexity index is 734. The van der Waals surface area contributed by atoms with Crippen LogP contribution in [0.15, 0.2) is 23.4 Å². The number of hydrogen-bond donors (Lipinski definition) is 0. The zero-order chi connectivity index (χ0) is 14.2. The molecule has 0 radical (unpaired) electrons.